The molecular weight excluding hydrogens is 413 g/mol. The molecular formula is C24H28FN3O4. The van der Waals surface area contributed by atoms with E-state index in [4.69, 9.17) is 14.2 Å². The number of hydrogen-bond acceptors (Lipinski definition) is 6. The summed E-state index contributed by atoms with van der Waals surface area (Å²) in [5, 5.41) is 11.1. The van der Waals surface area contributed by atoms with Gasteiger partial charge in [-0.1, -0.05) is 18.2 Å². The summed E-state index contributed by atoms with van der Waals surface area (Å²) in [5.41, 5.74) is -0.109. The first kappa shape index (κ1) is 22.3. The molecule has 1 unspecified atom stereocenters. The first-order valence-electron chi connectivity index (χ1n) is 10.7. The second kappa shape index (κ2) is 10.6. The number of hydrogen-bond donors (Lipinski definition) is 1. The van der Waals surface area contributed by atoms with E-state index in [9.17, 15) is 9.50 Å². The van der Waals surface area contributed by atoms with Crippen LogP contribution < -0.4 is 9.47 Å². The van der Waals surface area contributed by atoms with Crippen LogP contribution in [0.4, 0.5) is 4.39 Å². The number of β-amino-alcohol motifs (C(OH)–C–C–N with tert-alkyl or cyclic N) is 1. The summed E-state index contributed by atoms with van der Waals surface area (Å²) in [4.78, 5) is 6.16. The molecule has 7 nitrogen and oxygen atoms in total. The van der Waals surface area contributed by atoms with Crippen molar-refractivity contribution in [2.45, 2.75) is 18.7 Å². The third-order valence-electron chi connectivity index (χ3n) is 5.23. The van der Waals surface area contributed by atoms with Crippen molar-refractivity contribution in [1.82, 2.24) is 14.5 Å². The summed E-state index contributed by atoms with van der Waals surface area (Å²) in [6, 6.07) is 13.9. The number of halogens is 1. The molecule has 0 radical (unpaired) electrons. The van der Waals surface area contributed by atoms with Crippen LogP contribution in [0.5, 0.6) is 11.5 Å². The Kier molecular flexibility index (Phi) is 7.36. The molecule has 1 atom stereocenters. The van der Waals surface area contributed by atoms with Gasteiger partial charge >= 0.3 is 0 Å². The number of ether oxygens (including phenoxy) is 3. The van der Waals surface area contributed by atoms with Crippen LogP contribution in [0.1, 0.15) is 5.56 Å². The third-order valence-corrected chi connectivity index (χ3v) is 5.23. The molecule has 1 saturated heterocycles. The van der Waals surface area contributed by atoms with Crippen LogP contribution in [0.3, 0.4) is 0 Å². The fourth-order valence-corrected chi connectivity index (χ4v) is 3.67. The lowest BCUT2D eigenvalue weighted by Crippen LogP contribution is -2.48. The van der Waals surface area contributed by atoms with Gasteiger partial charge in [0.2, 0.25) is 0 Å². The van der Waals surface area contributed by atoms with Crippen molar-refractivity contribution in [2.24, 2.45) is 0 Å². The summed E-state index contributed by atoms with van der Waals surface area (Å²) < 4.78 is 32.5. The fourth-order valence-electron chi connectivity index (χ4n) is 3.67. The molecule has 0 amide bonds. The number of aliphatic hydroxyl groups is 1. The van der Waals surface area contributed by atoms with Crippen molar-refractivity contribution in [3.05, 3.63) is 78.6 Å². The van der Waals surface area contributed by atoms with Crippen molar-refractivity contribution in [3.63, 3.8) is 0 Å². The number of imidazole rings is 1. The molecule has 1 aliphatic rings. The number of benzene rings is 2. The maximum absolute atomic E-state index is 13.4. The Labute approximate surface area is 187 Å². The second-order valence-corrected chi connectivity index (χ2v) is 8.03. The minimum Gasteiger partial charge on any atom is -0.492 e. The third kappa shape index (κ3) is 6.53. The van der Waals surface area contributed by atoms with Crippen LogP contribution in [0.2, 0.25) is 0 Å². The fraction of sp³-hybridized carbons (Fsp3) is 0.375. The molecule has 1 fully saturated rings. The van der Waals surface area contributed by atoms with Gasteiger partial charge in [0.15, 0.2) is 0 Å². The summed E-state index contributed by atoms with van der Waals surface area (Å²) in [6.45, 7) is 3.69. The predicted molar refractivity (Wildman–Crippen MR) is 117 cm³/mol. The molecule has 0 aliphatic carbocycles. The van der Waals surface area contributed by atoms with Crippen LogP contribution in [0.25, 0.3) is 0 Å². The molecule has 1 aliphatic heterocycles. The van der Waals surface area contributed by atoms with E-state index in [0.29, 0.717) is 38.6 Å². The summed E-state index contributed by atoms with van der Waals surface area (Å²) in [7, 11) is 0. The van der Waals surface area contributed by atoms with Crippen molar-refractivity contribution < 1.29 is 23.7 Å². The van der Waals surface area contributed by atoms with Crippen LogP contribution in [-0.2, 0) is 17.8 Å². The highest BCUT2D eigenvalue weighted by Crippen LogP contribution is 2.20. The Morgan fingerprint density at radius 2 is 1.97 bits per heavy atom. The lowest BCUT2D eigenvalue weighted by Gasteiger charge is -2.30. The molecule has 1 N–H and O–H groups in total. The molecule has 2 heterocycles. The smallest absolute Gasteiger partial charge is 0.134 e. The first-order chi connectivity index (χ1) is 15.6. The quantitative estimate of drug-likeness (QED) is 0.551. The SMILES string of the molecule is OC1(COc2cccc(F)c2)COCCN(Cc2cccc(OCCn3ccnc3)c2)C1. The molecule has 8 heteroatoms. The molecule has 4 rings (SSSR count). The van der Waals surface area contributed by atoms with E-state index >= 15 is 0 Å². The maximum atomic E-state index is 13.4. The van der Waals surface area contributed by atoms with Gasteiger partial charge in [0, 0.05) is 38.1 Å². The van der Waals surface area contributed by atoms with Gasteiger partial charge in [0.05, 0.1) is 26.1 Å². The first-order valence-corrected chi connectivity index (χ1v) is 10.7. The minimum absolute atomic E-state index is 0.0182. The summed E-state index contributed by atoms with van der Waals surface area (Å²) in [6.07, 6.45) is 5.41. The van der Waals surface area contributed by atoms with Gasteiger partial charge < -0.3 is 23.9 Å². The van der Waals surface area contributed by atoms with Gasteiger partial charge in [-0.15, -0.1) is 0 Å². The Hall–Kier alpha value is -2.94. The van der Waals surface area contributed by atoms with Gasteiger partial charge in [-0.05, 0) is 29.8 Å². The summed E-state index contributed by atoms with van der Waals surface area (Å²) >= 11 is 0. The lowest BCUT2D eigenvalue weighted by molar-refractivity contribution is -0.0647. The highest BCUT2D eigenvalue weighted by molar-refractivity contribution is 5.28. The van der Waals surface area contributed by atoms with Crippen LogP contribution in [0, 0.1) is 5.82 Å². The molecule has 0 spiro atoms. The highest BCUT2D eigenvalue weighted by Gasteiger charge is 2.33. The molecule has 0 bridgehead atoms. The Balaban J connectivity index is 1.32. The van der Waals surface area contributed by atoms with Crippen LogP contribution in [0.15, 0.2) is 67.3 Å². The molecule has 2 aromatic carbocycles. The average Bonchev–Trinajstić information content (AvgIpc) is 3.22. The zero-order chi connectivity index (χ0) is 22.2. The monoisotopic (exact) mass is 441 g/mol. The summed E-state index contributed by atoms with van der Waals surface area (Å²) in [5.74, 6) is 0.813. The molecule has 170 valence electrons. The number of aromatic nitrogens is 2. The van der Waals surface area contributed by atoms with E-state index < -0.39 is 5.60 Å². The van der Waals surface area contributed by atoms with Crippen molar-refractivity contribution in [3.8, 4) is 11.5 Å². The van der Waals surface area contributed by atoms with Crippen molar-refractivity contribution in [2.75, 3.05) is 39.5 Å². The van der Waals surface area contributed by atoms with E-state index in [1.165, 1.54) is 12.1 Å². The van der Waals surface area contributed by atoms with Gasteiger partial charge in [0.25, 0.3) is 0 Å². The number of rotatable bonds is 9. The van der Waals surface area contributed by atoms with Crippen molar-refractivity contribution in [1.29, 1.82) is 0 Å². The standard InChI is InChI=1S/C24H28FN3O4/c25-21-4-2-6-23(14-21)32-18-24(29)16-28(9-11-30-17-24)15-20-3-1-5-22(13-20)31-12-10-27-8-7-26-19-27/h1-8,13-14,19,29H,9-12,15-18H2. The van der Waals surface area contributed by atoms with Gasteiger partial charge in [-0.3, -0.25) is 4.90 Å². The topological polar surface area (TPSA) is 69.0 Å². The zero-order valence-corrected chi connectivity index (χ0v) is 17.9. The highest BCUT2D eigenvalue weighted by atomic mass is 19.1. The molecule has 3 aromatic rings. The maximum Gasteiger partial charge on any atom is 0.134 e. The largest absolute Gasteiger partial charge is 0.492 e. The van der Waals surface area contributed by atoms with E-state index in [1.54, 1.807) is 24.7 Å². The lowest BCUT2D eigenvalue weighted by atomic mass is 10.1. The number of nitrogens with zero attached hydrogens (tertiary/aromatic N) is 3. The van der Waals surface area contributed by atoms with E-state index in [-0.39, 0.29) is 19.0 Å². The zero-order valence-electron chi connectivity index (χ0n) is 17.9. The molecule has 1 aromatic heterocycles. The van der Waals surface area contributed by atoms with Gasteiger partial charge in [-0.2, -0.15) is 0 Å². The van der Waals surface area contributed by atoms with Crippen molar-refractivity contribution >= 4 is 0 Å². The van der Waals surface area contributed by atoms with Gasteiger partial charge in [0.1, 0.15) is 36.1 Å². The van der Waals surface area contributed by atoms with Crippen LogP contribution in [-0.4, -0.2) is 64.7 Å². The predicted octanol–water partition coefficient (Wildman–Crippen LogP) is 2.74. The van der Waals surface area contributed by atoms with Gasteiger partial charge in [-0.25, -0.2) is 9.37 Å². The normalized spacial score (nSPS) is 19.4. The Bertz CT molecular complexity index is 985. The van der Waals surface area contributed by atoms with E-state index in [2.05, 4.69) is 9.88 Å². The molecule has 0 saturated carbocycles. The van der Waals surface area contributed by atoms with E-state index in [1.807, 2.05) is 35.0 Å². The Morgan fingerprint density at radius 1 is 1.12 bits per heavy atom. The average molecular weight is 442 g/mol. The Morgan fingerprint density at radius 3 is 2.78 bits per heavy atom. The molecule has 32 heavy (non-hydrogen) atoms. The van der Waals surface area contributed by atoms with E-state index in [0.717, 1.165) is 17.9 Å². The second-order valence-electron chi connectivity index (χ2n) is 8.03. The minimum atomic E-state index is -1.19. The van der Waals surface area contributed by atoms with Crippen LogP contribution >= 0.6 is 0 Å².